The quantitative estimate of drug-likeness (QED) is 0.873. The summed E-state index contributed by atoms with van der Waals surface area (Å²) in [6.07, 6.45) is 7.64. The molecule has 1 unspecified atom stereocenters. The summed E-state index contributed by atoms with van der Waals surface area (Å²) in [5.41, 5.74) is 6.59. The van der Waals surface area contributed by atoms with E-state index in [-0.39, 0.29) is 16.4 Å². The summed E-state index contributed by atoms with van der Waals surface area (Å²) in [6, 6.07) is 4.77. The molecule has 1 saturated carbocycles. The van der Waals surface area contributed by atoms with Crippen LogP contribution < -0.4 is 11.1 Å². The highest BCUT2D eigenvalue weighted by atomic mass is 35.5. The van der Waals surface area contributed by atoms with Gasteiger partial charge in [0.05, 0.1) is 5.02 Å². The average Bonchev–Trinajstić information content (AvgIpc) is 2.35. The van der Waals surface area contributed by atoms with Crippen molar-refractivity contribution in [3.8, 4) is 0 Å². The topological polar surface area (TPSA) is 38.0 Å². The number of rotatable bonds is 4. The van der Waals surface area contributed by atoms with Crippen molar-refractivity contribution in [2.24, 2.45) is 5.73 Å². The number of benzene rings is 1. The van der Waals surface area contributed by atoms with E-state index < -0.39 is 0 Å². The molecular weight excluding hydrogens is 251 g/mol. The Morgan fingerprint density at radius 2 is 2.28 bits per heavy atom. The third-order valence-electron chi connectivity index (χ3n) is 3.55. The maximum atomic E-state index is 13.1. The molecule has 0 bridgehead atoms. The van der Waals surface area contributed by atoms with Gasteiger partial charge in [0.25, 0.3) is 0 Å². The highest BCUT2D eigenvalue weighted by molar-refractivity contribution is 6.31. The van der Waals surface area contributed by atoms with Gasteiger partial charge in [0.15, 0.2) is 0 Å². The van der Waals surface area contributed by atoms with E-state index in [1.807, 2.05) is 0 Å². The lowest BCUT2D eigenvalue weighted by Gasteiger charge is -2.39. The lowest BCUT2D eigenvalue weighted by Crippen LogP contribution is -2.42. The van der Waals surface area contributed by atoms with E-state index in [0.717, 1.165) is 31.4 Å². The van der Waals surface area contributed by atoms with Crippen LogP contribution in [0.3, 0.4) is 0 Å². The van der Waals surface area contributed by atoms with Crippen LogP contribution >= 0.6 is 11.6 Å². The first kappa shape index (κ1) is 13.6. The predicted molar refractivity (Wildman–Crippen MR) is 74.2 cm³/mol. The van der Waals surface area contributed by atoms with Gasteiger partial charge in [-0.3, -0.25) is 0 Å². The van der Waals surface area contributed by atoms with E-state index in [2.05, 4.69) is 11.7 Å². The third kappa shape index (κ3) is 3.15. The first-order valence-electron chi connectivity index (χ1n) is 6.40. The first-order valence-corrected chi connectivity index (χ1v) is 6.78. The SMILES string of the molecule is NCCC1(Nc2ccc(F)c(Cl)c2)C[CH]CCC1. The van der Waals surface area contributed by atoms with Crippen LogP contribution in [0.2, 0.25) is 5.02 Å². The lowest BCUT2D eigenvalue weighted by molar-refractivity contribution is 0.352. The van der Waals surface area contributed by atoms with Gasteiger partial charge in [-0.05, 0) is 50.4 Å². The van der Waals surface area contributed by atoms with Crippen molar-refractivity contribution >= 4 is 17.3 Å². The summed E-state index contributed by atoms with van der Waals surface area (Å²) in [7, 11) is 0. The van der Waals surface area contributed by atoms with Crippen LogP contribution in [0.25, 0.3) is 0 Å². The lowest BCUT2D eigenvalue weighted by atomic mass is 9.79. The molecule has 1 aromatic rings. The fraction of sp³-hybridized carbons (Fsp3) is 0.500. The molecule has 2 rings (SSSR count). The maximum absolute atomic E-state index is 13.1. The second-order valence-corrected chi connectivity index (χ2v) is 5.37. The van der Waals surface area contributed by atoms with Crippen LogP contribution in [0.5, 0.6) is 0 Å². The molecule has 1 aromatic carbocycles. The fourth-order valence-corrected chi connectivity index (χ4v) is 2.81. The number of nitrogens with two attached hydrogens (primary N) is 1. The molecule has 18 heavy (non-hydrogen) atoms. The first-order chi connectivity index (χ1) is 8.65. The number of halogens is 2. The van der Waals surface area contributed by atoms with Crippen LogP contribution in [0.1, 0.15) is 32.1 Å². The molecule has 1 radical (unpaired) electrons. The van der Waals surface area contributed by atoms with Gasteiger partial charge in [-0.1, -0.05) is 24.4 Å². The second-order valence-electron chi connectivity index (χ2n) is 4.96. The molecular formula is C14H19ClFN2. The molecule has 1 fully saturated rings. The molecule has 0 aromatic heterocycles. The van der Waals surface area contributed by atoms with Gasteiger partial charge in [0.1, 0.15) is 5.82 Å². The molecule has 3 N–H and O–H groups in total. The van der Waals surface area contributed by atoms with Crippen molar-refractivity contribution < 1.29 is 4.39 Å². The predicted octanol–water partition coefficient (Wildman–Crippen LogP) is 3.76. The molecule has 0 aliphatic heterocycles. The van der Waals surface area contributed by atoms with Crippen LogP contribution in [0, 0.1) is 12.2 Å². The molecule has 99 valence electrons. The van der Waals surface area contributed by atoms with Gasteiger partial charge in [-0.25, -0.2) is 4.39 Å². The second kappa shape index (κ2) is 5.89. The van der Waals surface area contributed by atoms with Crippen LogP contribution in [-0.2, 0) is 0 Å². The summed E-state index contributed by atoms with van der Waals surface area (Å²) in [6.45, 7) is 0.649. The number of nitrogens with one attached hydrogen (secondary N) is 1. The van der Waals surface area contributed by atoms with Gasteiger partial charge in [-0.2, -0.15) is 0 Å². The number of anilines is 1. The highest BCUT2D eigenvalue weighted by Crippen LogP contribution is 2.34. The number of hydrogen-bond acceptors (Lipinski definition) is 2. The van der Waals surface area contributed by atoms with E-state index in [1.165, 1.54) is 12.5 Å². The molecule has 0 heterocycles. The summed E-state index contributed by atoms with van der Waals surface area (Å²) in [4.78, 5) is 0. The summed E-state index contributed by atoms with van der Waals surface area (Å²) in [5.74, 6) is -0.384. The van der Waals surface area contributed by atoms with Crippen molar-refractivity contribution in [1.29, 1.82) is 0 Å². The Labute approximate surface area is 113 Å². The van der Waals surface area contributed by atoms with Crippen molar-refractivity contribution in [2.45, 2.75) is 37.6 Å². The normalized spacial score (nSPS) is 18.6. The molecule has 0 spiro atoms. The molecule has 1 aliphatic carbocycles. The average molecular weight is 270 g/mol. The molecule has 2 nitrogen and oxygen atoms in total. The molecule has 0 amide bonds. The Bertz CT molecular complexity index is 397. The minimum Gasteiger partial charge on any atom is -0.380 e. The third-order valence-corrected chi connectivity index (χ3v) is 3.84. The van der Waals surface area contributed by atoms with Crippen molar-refractivity contribution in [1.82, 2.24) is 0 Å². The van der Waals surface area contributed by atoms with E-state index in [4.69, 9.17) is 17.3 Å². The Kier molecular flexibility index (Phi) is 4.46. The summed E-state index contributed by atoms with van der Waals surface area (Å²) in [5, 5.41) is 3.66. The minimum absolute atomic E-state index is 0.00809. The Morgan fingerprint density at radius 1 is 1.44 bits per heavy atom. The summed E-state index contributed by atoms with van der Waals surface area (Å²) >= 11 is 5.81. The Hall–Kier alpha value is -0.800. The maximum Gasteiger partial charge on any atom is 0.141 e. The van der Waals surface area contributed by atoms with Crippen LogP contribution in [0.15, 0.2) is 18.2 Å². The smallest absolute Gasteiger partial charge is 0.141 e. The van der Waals surface area contributed by atoms with E-state index >= 15 is 0 Å². The fourth-order valence-electron chi connectivity index (χ4n) is 2.62. The Balaban J connectivity index is 2.14. The largest absolute Gasteiger partial charge is 0.380 e. The van der Waals surface area contributed by atoms with Gasteiger partial charge in [-0.15, -0.1) is 0 Å². The molecule has 1 atom stereocenters. The van der Waals surface area contributed by atoms with Crippen LogP contribution in [-0.4, -0.2) is 12.1 Å². The highest BCUT2D eigenvalue weighted by Gasteiger charge is 2.31. The minimum atomic E-state index is -0.384. The zero-order valence-corrected chi connectivity index (χ0v) is 11.1. The monoisotopic (exact) mass is 269 g/mol. The van der Waals surface area contributed by atoms with Crippen molar-refractivity contribution in [3.63, 3.8) is 0 Å². The van der Waals surface area contributed by atoms with Gasteiger partial charge in [0, 0.05) is 11.2 Å². The van der Waals surface area contributed by atoms with E-state index in [9.17, 15) is 4.39 Å². The Morgan fingerprint density at radius 3 is 2.89 bits per heavy atom. The van der Waals surface area contributed by atoms with Crippen molar-refractivity contribution in [3.05, 3.63) is 35.5 Å². The van der Waals surface area contributed by atoms with Gasteiger partial charge in [0.2, 0.25) is 0 Å². The zero-order chi connectivity index (χ0) is 13.0. The number of hydrogen-bond donors (Lipinski definition) is 2. The molecule has 0 saturated heterocycles. The van der Waals surface area contributed by atoms with Crippen molar-refractivity contribution in [2.75, 3.05) is 11.9 Å². The van der Waals surface area contributed by atoms with Gasteiger partial charge >= 0.3 is 0 Å². The molecule has 1 aliphatic rings. The van der Waals surface area contributed by atoms with E-state index in [0.29, 0.717) is 6.54 Å². The zero-order valence-electron chi connectivity index (χ0n) is 10.4. The van der Waals surface area contributed by atoms with Gasteiger partial charge < -0.3 is 11.1 Å². The van der Waals surface area contributed by atoms with Crippen LogP contribution in [0.4, 0.5) is 10.1 Å². The summed E-state index contributed by atoms with van der Waals surface area (Å²) < 4.78 is 13.1. The van der Waals surface area contributed by atoms with E-state index in [1.54, 1.807) is 12.1 Å². The molecule has 4 heteroatoms. The standard InChI is InChI=1S/C14H19ClFN2/c15-12-10-11(4-5-13(12)16)18-14(8-9-17)6-2-1-3-7-14/h2,4-5,10,18H,1,3,6-9,17H2.